The molecule has 0 bridgehead atoms. The second-order valence-electron chi connectivity index (χ2n) is 7.99. The fourth-order valence-electron chi connectivity index (χ4n) is 2.86. The number of hydrogen-bond acceptors (Lipinski definition) is 5. The van der Waals surface area contributed by atoms with E-state index in [1.165, 1.54) is 5.56 Å². The average Bonchev–Trinajstić information content (AvgIpc) is 2.89. The van der Waals surface area contributed by atoms with E-state index >= 15 is 0 Å². The fourth-order valence-corrected chi connectivity index (χ4v) is 2.86. The van der Waals surface area contributed by atoms with Crippen LogP contribution < -0.4 is 4.74 Å². The maximum Gasteiger partial charge on any atom is 0.352 e. The summed E-state index contributed by atoms with van der Waals surface area (Å²) in [6, 6.07) is 27.2. The number of aryl methyl sites for hydroxylation is 1. The molecule has 1 atom stereocenters. The largest absolute Gasteiger partial charge is 0.486 e. The molecule has 0 aliphatic heterocycles. The van der Waals surface area contributed by atoms with Crippen molar-refractivity contribution in [2.24, 2.45) is 0 Å². The van der Waals surface area contributed by atoms with Crippen LogP contribution in [0.4, 0.5) is 0 Å². The Balaban J connectivity index is 0.000000283. The molecule has 0 spiro atoms. The van der Waals surface area contributed by atoms with Crippen LogP contribution >= 0.6 is 0 Å². The number of hydrogen-bond donors (Lipinski definition) is 0. The Morgan fingerprint density at radius 2 is 1.49 bits per heavy atom. The molecule has 0 aliphatic rings. The highest BCUT2D eigenvalue weighted by Gasteiger charge is 2.15. The Morgan fingerprint density at radius 3 is 2.09 bits per heavy atom. The summed E-state index contributed by atoms with van der Waals surface area (Å²) in [7, 11) is 0. The smallest absolute Gasteiger partial charge is 0.352 e. The number of esters is 2. The Hall–Kier alpha value is -3.86. The molecular formula is C30H34O5. The minimum Gasteiger partial charge on any atom is -0.486 e. The van der Waals surface area contributed by atoms with Crippen LogP contribution in [-0.2, 0) is 25.5 Å². The molecule has 35 heavy (non-hydrogen) atoms. The lowest BCUT2D eigenvalue weighted by Gasteiger charge is -2.12. The molecule has 0 heterocycles. The van der Waals surface area contributed by atoms with E-state index in [9.17, 15) is 9.59 Å². The summed E-state index contributed by atoms with van der Waals surface area (Å²) in [5.41, 5.74) is 4.33. The number of ether oxygens (including phenoxy) is 3. The van der Waals surface area contributed by atoms with Gasteiger partial charge in [-0.2, -0.15) is 0 Å². The molecule has 0 radical (unpaired) electrons. The normalized spacial score (nSPS) is 11.5. The van der Waals surface area contributed by atoms with Gasteiger partial charge in [0.15, 0.2) is 6.10 Å². The highest BCUT2D eigenvalue weighted by Crippen LogP contribution is 2.15. The molecule has 1 unspecified atom stereocenters. The van der Waals surface area contributed by atoms with Crippen molar-refractivity contribution in [3.8, 4) is 5.75 Å². The summed E-state index contributed by atoms with van der Waals surface area (Å²) >= 11 is 0. The molecule has 3 aromatic carbocycles. The number of allylic oxidation sites excluding steroid dienone is 1. The first-order valence-corrected chi connectivity index (χ1v) is 11.7. The molecule has 0 saturated heterocycles. The van der Waals surface area contributed by atoms with Crippen LogP contribution in [0.15, 0.2) is 91.2 Å². The lowest BCUT2D eigenvalue weighted by Crippen LogP contribution is -2.24. The fraction of sp³-hybridized carbons (Fsp3) is 0.267. The van der Waals surface area contributed by atoms with Crippen LogP contribution in [0.5, 0.6) is 5.75 Å². The SMILES string of the molecule is CC(=COC(C)C(=O)Oc1ccc(C)cc1)c1ccccc1.CCC(=O)OCCc1ccccc1. The summed E-state index contributed by atoms with van der Waals surface area (Å²) in [4.78, 5) is 22.7. The Kier molecular flexibility index (Phi) is 11.8. The zero-order chi connectivity index (χ0) is 25.5. The van der Waals surface area contributed by atoms with Crippen LogP contribution in [0.25, 0.3) is 5.57 Å². The zero-order valence-electron chi connectivity index (χ0n) is 20.9. The molecule has 184 valence electrons. The van der Waals surface area contributed by atoms with E-state index in [2.05, 4.69) is 0 Å². The summed E-state index contributed by atoms with van der Waals surface area (Å²) in [5.74, 6) is -0.0216. The van der Waals surface area contributed by atoms with E-state index in [-0.39, 0.29) is 5.97 Å². The molecule has 3 rings (SSSR count). The van der Waals surface area contributed by atoms with Gasteiger partial charge in [0.1, 0.15) is 5.75 Å². The highest BCUT2D eigenvalue weighted by atomic mass is 16.6. The minimum absolute atomic E-state index is 0.129. The lowest BCUT2D eigenvalue weighted by atomic mass is 10.1. The van der Waals surface area contributed by atoms with E-state index in [1.54, 1.807) is 32.2 Å². The summed E-state index contributed by atoms with van der Waals surface area (Å²) in [6.07, 6.45) is 2.18. The first-order valence-electron chi connectivity index (χ1n) is 11.7. The molecule has 0 saturated carbocycles. The average molecular weight is 475 g/mol. The van der Waals surface area contributed by atoms with Crippen molar-refractivity contribution in [1.82, 2.24) is 0 Å². The summed E-state index contributed by atoms with van der Waals surface area (Å²) < 4.78 is 15.7. The second kappa shape index (κ2) is 15.1. The molecule has 3 aromatic rings. The van der Waals surface area contributed by atoms with Crippen LogP contribution in [-0.4, -0.2) is 24.6 Å². The van der Waals surface area contributed by atoms with Gasteiger partial charge in [0.2, 0.25) is 0 Å². The van der Waals surface area contributed by atoms with Crippen LogP contribution in [0.2, 0.25) is 0 Å². The number of rotatable bonds is 9. The van der Waals surface area contributed by atoms with Gasteiger partial charge in [-0.15, -0.1) is 0 Å². The zero-order valence-corrected chi connectivity index (χ0v) is 20.9. The summed E-state index contributed by atoms with van der Waals surface area (Å²) in [5, 5.41) is 0. The van der Waals surface area contributed by atoms with Crippen LogP contribution in [0, 0.1) is 6.92 Å². The van der Waals surface area contributed by atoms with E-state index in [0.717, 1.165) is 23.1 Å². The van der Waals surface area contributed by atoms with Gasteiger partial charge in [-0.25, -0.2) is 4.79 Å². The van der Waals surface area contributed by atoms with Gasteiger partial charge in [-0.05, 0) is 49.6 Å². The Bertz CT molecular complexity index is 1060. The topological polar surface area (TPSA) is 61.8 Å². The number of carbonyl (C=O) groups excluding carboxylic acids is 2. The van der Waals surface area contributed by atoms with E-state index in [4.69, 9.17) is 14.2 Å². The molecule has 0 N–H and O–H groups in total. The standard InChI is InChI=1S/C19H20O3.C11H14O2/c1-14-9-11-18(12-10-14)22-19(20)16(3)21-13-15(2)17-7-5-4-6-8-17;1-2-11(12)13-9-8-10-6-4-3-5-7-10/h4-13,16H,1-3H3;3-7H,2,8-9H2,1H3. The number of benzene rings is 3. The molecule has 5 heteroatoms. The summed E-state index contributed by atoms with van der Waals surface area (Å²) in [6.45, 7) is 7.87. The van der Waals surface area contributed by atoms with E-state index in [0.29, 0.717) is 18.8 Å². The van der Waals surface area contributed by atoms with Gasteiger partial charge in [-0.3, -0.25) is 4.79 Å². The van der Waals surface area contributed by atoms with Gasteiger partial charge in [0.05, 0.1) is 12.9 Å². The van der Waals surface area contributed by atoms with Crippen molar-refractivity contribution in [1.29, 1.82) is 0 Å². The van der Waals surface area contributed by atoms with Crippen LogP contribution in [0.3, 0.4) is 0 Å². The maximum absolute atomic E-state index is 12.0. The highest BCUT2D eigenvalue weighted by molar-refractivity contribution is 5.77. The van der Waals surface area contributed by atoms with Crippen molar-refractivity contribution in [2.45, 2.75) is 46.6 Å². The molecule has 0 amide bonds. The minimum atomic E-state index is -0.667. The first-order chi connectivity index (χ1) is 16.9. The number of carbonyl (C=O) groups is 2. The predicted octanol–water partition coefficient (Wildman–Crippen LogP) is 6.55. The van der Waals surface area contributed by atoms with E-state index < -0.39 is 12.1 Å². The predicted molar refractivity (Wildman–Crippen MR) is 139 cm³/mol. The molecule has 5 nitrogen and oxygen atoms in total. The van der Waals surface area contributed by atoms with Crippen molar-refractivity contribution in [2.75, 3.05) is 6.61 Å². The second-order valence-corrected chi connectivity index (χ2v) is 7.99. The third-order valence-corrected chi connectivity index (χ3v) is 5.03. The van der Waals surface area contributed by atoms with Crippen molar-refractivity contribution in [3.05, 3.63) is 108 Å². The van der Waals surface area contributed by atoms with Gasteiger partial charge < -0.3 is 14.2 Å². The third kappa shape index (κ3) is 10.7. The third-order valence-electron chi connectivity index (χ3n) is 5.03. The van der Waals surface area contributed by atoms with Gasteiger partial charge in [0.25, 0.3) is 0 Å². The van der Waals surface area contributed by atoms with Crippen molar-refractivity contribution < 1.29 is 23.8 Å². The van der Waals surface area contributed by atoms with Gasteiger partial charge in [0, 0.05) is 12.8 Å². The Labute approximate surface area is 208 Å². The molecule has 0 aliphatic carbocycles. The van der Waals surface area contributed by atoms with Gasteiger partial charge >= 0.3 is 11.9 Å². The monoisotopic (exact) mass is 474 g/mol. The van der Waals surface area contributed by atoms with Crippen molar-refractivity contribution in [3.63, 3.8) is 0 Å². The molecular weight excluding hydrogens is 440 g/mol. The van der Waals surface area contributed by atoms with E-state index in [1.807, 2.05) is 86.6 Å². The quantitative estimate of drug-likeness (QED) is 0.200. The van der Waals surface area contributed by atoms with Crippen molar-refractivity contribution >= 4 is 17.5 Å². The molecule has 0 fully saturated rings. The van der Waals surface area contributed by atoms with Gasteiger partial charge in [-0.1, -0.05) is 85.3 Å². The maximum atomic E-state index is 12.0. The lowest BCUT2D eigenvalue weighted by molar-refractivity contribution is -0.143. The molecule has 0 aromatic heterocycles. The van der Waals surface area contributed by atoms with Crippen LogP contribution in [0.1, 0.15) is 43.9 Å². The Morgan fingerprint density at radius 1 is 0.886 bits per heavy atom. The first kappa shape index (κ1) is 27.4.